The van der Waals surface area contributed by atoms with Gasteiger partial charge in [-0.05, 0) is 25.3 Å². The van der Waals surface area contributed by atoms with Crippen molar-refractivity contribution in [3.63, 3.8) is 0 Å². The highest BCUT2D eigenvalue weighted by Crippen LogP contribution is 2.32. The van der Waals surface area contributed by atoms with Gasteiger partial charge in [-0.25, -0.2) is 4.98 Å². The van der Waals surface area contributed by atoms with Gasteiger partial charge in [0, 0.05) is 11.8 Å². The molecular weight excluding hydrogens is 207 g/mol. The van der Waals surface area contributed by atoms with Crippen LogP contribution in [0.4, 0.5) is 13.2 Å². The van der Waals surface area contributed by atoms with Crippen LogP contribution in [0.2, 0.25) is 0 Å². The Morgan fingerprint density at radius 3 is 2.80 bits per heavy atom. The van der Waals surface area contributed by atoms with Gasteiger partial charge in [0.05, 0.1) is 12.2 Å². The van der Waals surface area contributed by atoms with Crippen LogP contribution in [0.15, 0.2) is 12.3 Å². The molecule has 15 heavy (non-hydrogen) atoms. The Bertz CT molecular complexity index is 362. The SMILES string of the molecule is FC(F)(F)c1cnc2c(c1)CCCCO2. The molecule has 0 saturated carbocycles. The number of nitrogens with zero attached hydrogens (tertiary/aromatic N) is 1. The zero-order valence-corrected chi connectivity index (χ0v) is 7.97. The van der Waals surface area contributed by atoms with Gasteiger partial charge >= 0.3 is 6.18 Å². The topological polar surface area (TPSA) is 22.1 Å². The van der Waals surface area contributed by atoms with Gasteiger partial charge < -0.3 is 4.74 Å². The molecule has 82 valence electrons. The van der Waals surface area contributed by atoms with Gasteiger partial charge in [0.1, 0.15) is 0 Å². The zero-order chi connectivity index (χ0) is 10.9. The summed E-state index contributed by atoms with van der Waals surface area (Å²) in [5, 5.41) is 0. The Balaban J connectivity index is 2.36. The number of alkyl halides is 3. The van der Waals surface area contributed by atoms with Crippen molar-refractivity contribution in [1.29, 1.82) is 0 Å². The van der Waals surface area contributed by atoms with Crippen molar-refractivity contribution in [1.82, 2.24) is 4.98 Å². The van der Waals surface area contributed by atoms with Crippen LogP contribution in [0.25, 0.3) is 0 Å². The number of aromatic nitrogens is 1. The maximum absolute atomic E-state index is 12.4. The van der Waals surface area contributed by atoms with E-state index in [0.29, 0.717) is 24.5 Å². The average molecular weight is 217 g/mol. The van der Waals surface area contributed by atoms with Crippen molar-refractivity contribution >= 4 is 0 Å². The number of hydrogen-bond donors (Lipinski definition) is 0. The fraction of sp³-hybridized carbons (Fsp3) is 0.500. The molecule has 0 atom stereocenters. The lowest BCUT2D eigenvalue weighted by Gasteiger charge is -2.10. The minimum atomic E-state index is -4.33. The number of rotatable bonds is 0. The van der Waals surface area contributed by atoms with Gasteiger partial charge in [0.15, 0.2) is 0 Å². The predicted molar refractivity (Wildman–Crippen MR) is 47.7 cm³/mol. The highest BCUT2D eigenvalue weighted by molar-refractivity contribution is 5.32. The Kier molecular flexibility index (Phi) is 2.54. The lowest BCUT2D eigenvalue weighted by molar-refractivity contribution is -0.137. The maximum atomic E-state index is 12.4. The summed E-state index contributed by atoms with van der Waals surface area (Å²) in [6.45, 7) is 0.533. The van der Waals surface area contributed by atoms with Crippen LogP contribution in [-0.2, 0) is 12.6 Å². The molecule has 1 aliphatic rings. The number of ether oxygens (including phenoxy) is 1. The quantitative estimate of drug-likeness (QED) is 0.666. The van der Waals surface area contributed by atoms with E-state index in [-0.39, 0.29) is 0 Å². The second-order valence-electron chi connectivity index (χ2n) is 3.49. The molecule has 0 N–H and O–H groups in total. The van der Waals surface area contributed by atoms with Crippen molar-refractivity contribution < 1.29 is 17.9 Å². The molecule has 0 saturated heterocycles. The molecule has 2 nitrogen and oxygen atoms in total. The number of aryl methyl sites for hydroxylation is 1. The predicted octanol–water partition coefficient (Wildman–Crippen LogP) is 2.82. The molecule has 1 aromatic rings. The van der Waals surface area contributed by atoms with Crippen LogP contribution < -0.4 is 4.74 Å². The molecule has 1 aromatic heterocycles. The second kappa shape index (κ2) is 3.72. The molecule has 0 aliphatic carbocycles. The fourth-order valence-electron chi connectivity index (χ4n) is 1.55. The summed E-state index contributed by atoms with van der Waals surface area (Å²) in [6, 6.07) is 1.13. The van der Waals surface area contributed by atoms with Gasteiger partial charge in [-0.1, -0.05) is 0 Å². The van der Waals surface area contributed by atoms with E-state index in [1.807, 2.05) is 0 Å². The summed E-state index contributed by atoms with van der Waals surface area (Å²) >= 11 is 0. The summed E-state index contributed by atoms with van der Waals surface area (Å²) in [4.78, 5) is 3.70. The number of hydrogen-bond acceptors (Lipinski definition) is 2. The highest BCUT2D eigenvalue weighted by atomic mass is 19.4. The zero-order valence-electron chi connectivity index (χ0n) is 7.97. The van der Waals surface area contributed by atoms with Crippen molar-refractivity contribution in [3.05, 3.63) is 23.4 Å². The van der Waals surface area contributed by atoms with Crippen molar-refractivity contribution in [3.8, 4) is 5.88 Å². The third-order valence-corrected chi connectivity index (χ3v) is 2.33. The Morgan fingerprint density at radius 2 is 2.07 bits per heavy atom. The molecule has 0 unspecified atom stereocenters. The van der Waals surface area contributed by atoms with E-state index in [1.165, 1.54) is 0 Å². The van der Waals surface area contributed by atoms with E-state index < -0.39 is 11.7 Å². The summed E-state index contributed by atoms with van der Waals surface area (Å²) < 4.78 is 42.4. The highest BCUT2D eigenvalue weighted by Gasteiger charge is 2.32. The van der Waals surface area contributed by atoms with Crippen molar-refractivity contribution in [2.45, 2.75) is 25.4 Å². The van der Waals surface area contributed by atoms with Gasteiger partial charge in [0.2, 0.25) is 5.88 Å². The van der Waals surface area contributed by atoms with E-state index in [0.717, 1.165) is 25.1 Å². The normalized spacial score (nSPS) is 16.5. The van der Waals surface area contributed by atoms with Crippen LogP contribution in [-0.4, -0.2) is 11.6 Å². The summed E-state index contributed by atoms with van der Waals surface area (Å²) in [5.74, 6) is 0.348. The van der Waals surface area contributed by atoms with Crippen LogP contribution in [0.5, 0.6) is 5.88 Å². The number of halogens is 3. The molecule has 0 spiro atoms. The second-order valence-corrected chi connectivity index (χ2v) is 3.49. The maximum Gasteiger partial charge on any atom is 0.417 e. The van der Waals surface area contributed by atoms with Gasteiger partial charge in [0.25, 0.3) is 0 Å². The first-order chi connectivity index (χ1) is 7.07. The van der Waals surface area contributed by atoms with Crippen LogP contribution in [0, 0.1) is 0 Å². The van der Waals surface area contributed by atoms with E-state index >= 15 is 0 Å². The van der Waals surface area contributed by atoms with Crippen molar-refractivity contribution in [2.24, 2.45) is 0 Å². The van der Waals surface area contributed by atoms with E-state index in [4.69, 9.17) is 4.74 Å². The first-order valence-electron chi connectivity index (χ1n) is 4.76. The summed E-state index contributed by atoms with van der Waals surface area (Å²) in [7, 11) is 0. The third kappa shape index (κ3) is 2.22. The average Bonchev–Trinajstić information content (AvgIpc) is 2.39. The van der Waals surface area contributed by atoms with Gasteiger partial charge in [-0.15, -0.1) is 0 Å². The first-order valence-corrected chi connectivity index (χ1v) is 4.76. The summed E-state index contributed by atoms with van der Waals surface area (Å²) in [5.41, 5.74) is -0.144. The van der Waals surface area contributed by atoms with Crippen LogP contribution in [0.3, 0.4) is 0 Å². The minimum Gasteiger partial charge on any atom is -0.477 e. The number of pyridine rings is 1. The molecule has 5 heteroatoms. The van der Waals surface area contributed by atoms with E-state index in [1.54, 1.807) is 0 Å². The Labute approximate surface area is 85.1 Å². The van der Waals surface area contributed by atoms with Gasteiger partial charge in [-0.2, -0.15) is 13.2 Å². The number of fused-ring (bicyclic) bond motifs is 1. The molecule has 2 heterocycles. The molecule has 0 amide bonds. The monoisotopic (exact) mass is 217 g/mol. The minimum absolute atomic E-state index is 0.348. The third-order valence-electron chi connectivity index (χ3n) is 2.33. The van der Waals surface area contributed by atoms with E-state index in [2.05, 4.69) is 4.98 Å². The first kappa shape index (κ1) is 10.3. The molecule has 1 aliphatic heterocycles. The smallest absolute Gasteiger partial charge is 0.417 e. The molecule has 0 aromatic carbocycles. The van der Waals surface area contributed by atoms with E-state index in [9.17, 15) is 13.2 Å². The Morgan fingerprint density at radius 1 is 1.27 bits per heavy atom. The largest absolute Gasteiger partial charge is 0.477 e. The van der Waals surface area contributed by atoms with Crippen LogP contribution >= 0.6 is 0 Å². The molecule has 0 radical (unpaired) electrons. The molecule has 2 rings (SSSR count). The lowest BCUT2D eigenvalue weighted by atomic mass is 10.1. The fourth-order valence-corrected chi connectivity index (χ4v) is 1.55. The molecule has 0 fully saturated rings. The standard InChI is InChI=1S/C10H10F3NO/c11-10(12,13)8-5-7-3-1-2-4-15-9(7)14-6-8/h5-6H,1-4H2. The van der Waals surface area contributed by atoms with Crippen LogP contribution in [0.1, 0.15) is 24.0 Å². The summed E-state index contributed by atoms with van der Waals surface area (Å²) in [6.07, 6.45) is -1.20. The lowest BCUT2D eigenvalue weighted by Crippen LogP contribution is -2.07. The van der Waals surface area contributed by atoms with Crippen molar-refractivity contribution in [2.75, 3.05) is 6.61 Å². The Hall–Kier alpha value is -1.26. The molecule has 0 bridgehead atoms. The van der Waals surface area contributed by atoms with Gasteiger partial charge in [-0.3, -0.25) is 0 Å². The molecular formula is C10H10F3NO.